The molecule has 0 unspecified atom stereocenters. The first-order chi connectivity index (χ1) is 12.6. The number of methoxy groups -OCH3 is 1. The van der Waals surface area contributed by atoms with Crippen molar-refractivity contribution in [3.8, 4) is 5.75 Å². The summed E-state index contributed by atoms with van der Waals surface area (Å²) < 4.78 is 24.4. The van der Waals surface area contributed by atoms with Crippen molar-refractivity contribution in [2.24, 2.45) is 0 Å². The van der Waals surface area contributed by atoms with Crippen molar-refractivity contribution in [2.75, 3.05) is 26.9 Å². The molecule has 1 saturated heterocycles. The van der Waals surface area contributed by atoms with Gasteiger partial charge in [-0.25, -0.2) is 4.39 Å². The number of carbonyl (C=O) groups excluding carboxylic acids is 1. The van der Waals surface area contributed by atoms with Crippen molar-refractivity contribution in [1.82, 2.24) is 5.32 Å². The van der Waals surface area contributed by atoms with E-state index in [0.717, 1.165) is 29.7 Å². The third-order valence-electron chi connectivity index (χ3n) is 5.01. The minimum Gasteiger partial charge on any atom is -0.497 e. The molecule has 1 fully saturated rings. The molecular weight excluding hydrogens is 333 g/mol. The van der Waals surface area contributed by atoms with E-state index in [4.69, 9.17) is 9.47 Å². The molecular formula is C21H24FNO3. The van der Waals surface area contributed by atoms with Crippen molar-refractivity contribution in [3.63, 3.8) is 0 Å². The standard InChI is InChI=1S/C21H24FNO3/c1-25-19-7-2-4-16(12-19)13-20(24)23-15-21(8-10-26-11-9-21)17-5-3-6-18(22)14-17/h2-7,12,14H,8-11,13,15H2,1H3,(H,23,24). The predicted octanol–water partition coefficient (Wildman–Crippen LogP) is 3.24. The average Bonchev–Trinajstić information content (AvgIpc) is 2.67. The number of rotatable bonds is 6. The highest BCUT2D eigenvalue weighted by Gasteiger charge is 2.35. The van der Waals surface area contributed by atoms with Gasteiger partial charge < -0.3 is 14.8 Å². The SMILES string of the molecule is COc1cccc(CC(=O)NCC2(c3cccc(F)c3)CCOCC2)c1. The monoisotopic (exact) mass is 357 g/mol. The van der Waals surface area contributed by atoms with E-state index in [9.17, 15) is 9.18 Å². The molecule has 0 bridgehead atoms. The summed E-state index contributed by atoms with van der Waals surface area (Å²) >= 11 is 0. The molecule has 2 aromatic carbocycles. The number of ether oxygens (including phenoxy) is 2. The lowest BCUT2D eigenvalue weighted by Crippen LogP contribution is -2.45. The summed E-state index contributed by atoms with van der Waals surface area (Å²) in [4.78, 5) is 12.4. The van der Waals surface area contributed by atoms with Crippen LogP contribution in [0.3, 0.4) is 0 Å². The summed E-state index contributed by atoms with van der Waals surface area (Å²) in [7, 11) is 1.60. The zero-order valence-electron chi connectivity index (χ0n) is 15.0. The molecule has 0 spiro atoms. The van der Waals surface area contributed by atoms with Gasteiger partial charge in [-0.3, -0.25) is 4.79 Å². The van der Waals surface area contributed by atoms with Gasteiger partial charge in [0.25, 0.3) is 0 Å². The number of nitrogens with one attached hydrogen (secondary N) is 1. The van der Waals surface area contributed by atoms with E-state index < -0.39 is 0 Å². The summed E-state index contributed by atoms with van der Waals surface area (Å²) in [6.45, 7) is 1.70. The zero-order valence-corrected chi connectivity index (χ0v) is 15.0. The molecule has 0 saturated carbocycles. The molecule has 1 heterocycles. The van der Waals surface area contributed by atoms with E-state index >= 15 is 0 Å². The van der Waals surface area contributed by atoms with Gasteiger partial charge in [-0.2, -0.15) is 0 Å². The largest absolute Gasteiger partial charge is 0.497 e. The van der Waals surface area contributed by atoms with Gasteiger partial charge >= 0.3 is 0 Å². The third-order valence-corrected chi connectivity index (χ3v) is 5.01. The summed E-state index contributed by atoms with van der Waals surface area (Å²) in [5.41, 5.74) is 1.53. The second-order valence-electron chi connectivity index (χ2n) is 6.71. The van der Waals surface area contributed by atoms with Crippen LogP contribution in [-0.2, 0) is 21.4 Å². The van der Waals surface area contributed by atoms with Crippen LogP contribution in [0.15, 0.2) is 48.5 Å². The second-order valence-corrected chi connectivity index (χ2v) is 6.71. The Hall–Kier alpha value is -2.40. The van der Waals surface area contributed by atoms with E-state index in [1.165, 1.54) is 6.07 Å². The molecule has 5 heteroatoms. The van der Waals surface area contributed by atoms with E-state index in [1.54, 1.807) is 19.2 Å². The number of hydrogen-bond donors (Lipinski definition) is 1. The van der Waals surface area contributed by atoms with E-state index in [0.29, 0.717) is 19.8 Å². The molecule has 0 aliphatic carbocycles. The van der Waals surface area contributed by atoms with Crippen molar-refractivity contribution in [3.05, 3.63) is 65.5 Å². The van der Waals surface area contributed by atoms with E-state index in [2.05, 4.69) is 5.32 Å². The third kappa shape index (κ3) is 4.41. The maximum atomic E-state index is 13.7. The Balaban J connectivity index is 1.68. The Morgan fingerprint density at radius 2 is 1.96 bits per heavy atom. The molecule has 1 N–H and O–H groups in total. The lowest BCUT2D eigenvalue weighted by atomic mass is 9.74. The first kappa shape index (κ1) is 18.4. The van der Waals surface area contributed by atoms with Gasteiger partial charge in [0, 0.05) is 25.2 Å². The predicted molar refractivity (Wildman–Crippen MR) is 97.8 cm³/mol. The van der Waals surface area contributed by atoms with Crippen molar-refractivity contribution in [1.29, 1.82) is 0 Å². The number of carbonyl (C=O) groups is 1. The number of benzene rings is 2. The van der Waals surface area contributed by atoms with Gasteiger partial charge in [0.1, 0.15) is 11.6 Å². The molecule has 1 aliphatic heterocycles. The summed E-state index contributed by atoms with van der Waals surface area (Å²) in [6, 6.07) is 14.1. The molecule has 1 amide bonds. The molecule has 26 heavy (non-hydrogen) atoms. The van der Waals surface area contributed by atoms with Crippen LogP contribution in [0.1, 0.15) is 24.0 Å². The molecule has 0 radical (unpaired) electrons. The first-order valence-corrected chi connectivity index (χ1v) is 8.85. The molecule has 1 aliphatic rings. The van der Waals surface area contributed by atoms with Crippen LogP contribution in [0.2, 0.25) is 0 Å². The quantitative estimate of drug-likeness (QED) is 0.863. The molecule has 4 nitrogen and oxygen atoms in total. The van der Waals surface area contributed by atoms with Crippen molar-refractivity contribution >= 4 is 5.91 Å². The molecule has 138 valence electrons. The molecule has 0 aromatic heterocycles. The Labute approximate surface area is 153 Å². The van der Waals surface area contributed by atoms with E-state index in [1.807, 2.05) is 30.3 Å². The number of halogens is 1. The van der Waals surface area contributed by atoms with Gasteiger partial charge in [0.05, 0.1) is 13.5 Å². The van der Waals surface area contributed by atoms with Gasteiger partial charge in [-0.15, -0.1) is 0 Å². The lowest BCUT2D eigenvalue weighted by Gasteiger charge is -2.38. The highest BCUT2D eigenvalue weighted by Crippen LogP contribution is 2.34. The Kier molecular flexibility index (Phi) is 5.89. The minimum absolute atomic E-state index is 0.0551. The zero-order chi connectivity index (χ0) is 18.4. The lowest BCUT2D eigenvalue weighted by molar-refractivity contribution is -0.120. The van der Waals surface area contributed by atoms with Crippen molar-refractivity contribution < 1.29 is 18.7 Å². The maximum Gasteiger partial charge on any atom is 0.224 e. The van der Waals surface area contributed by atoms with Gasteiger partial charge in [0.2, 0.25) is 5.91 Å². The van der Waals surface area contributed by atoms with Crippen LogP contribution in [0.25, 0.3) is 0 Å². The summed E-state index contributed by atoms with van der Waals surface area (Å²) in [6.07, 6.45) is 1.80. The van der Waals surface area contributed by atoms with Crippen LogP contribution in [0.4, 0.5) is 4.39 Å². The molecule has 3 rings (SSSR count). The second kappa shape index (κ2) is 8.32. The van der Waals surface area contributed by atoms with Crippen LogP contribution >= 0.6 is 0 Å². The number of amides is 1. The molecule has 0 atom stereocenters. The van der Waals surface area contributed by atoms with Gasteiger partial charge in [-0.1, -0.05) is 24.3 Å². The van der Waals surface area contributed by atoms with Crippen LogP contribution < -0.4 is 10.1 Å². The van der Waals surface area contributed by atoms with Gasteiger partial charge in [0.15, 0.2) is 0 Å². The van der Waals surface area contributed by atoms with Gasteiger partial charge in [-0.05, 0) is 48.2 Å². The van der Waals surface area contributed by atoms with E-state index in [-0.39, 0.29) is 23.6 Å². The van der Waals surface area contributed by atoms with Crippen molar-refractivity contribution in [2.45, 2.75) is 24.7 Å². The van der Waals surface area contributed by atoms with Crippen LogP contribution in [0.5, 0.6) is 5.75 Å². The maximum absolute atomic E-state index is 13.7. The first-order valence-electron chi connectivity index (χ1n) is 8.85. The van der Waals surface area contributed by atoms with Crippen LogP contribution in [0, 0.1) is 5.82 Å². The van der Waals surface area contributed by atoms with Crippen LogP contribution in [-0.4, -0.2) is 32.8 Å². The highest BCUT2D eigenvalue weighted by molar-refractivity contribution is 5.78. The Morgan fingerprint density at radius 1 is 1.19 bits per heavy atom. The minimum atomic E-state index is -0.287. The highest BCUT2D eigenvalue weighted by atomic mass is 19.1. The fraction of sp³-hybridized carbons (Fsp3) is 0.381. The topological polar surface area (TPSA) is 47.6 Å². The number of hydrogen-bond acceptors (Lipinski definition) is 3. The Morgan fingerprint density at radius 3 is 2.69 bits per heavy atom. The smallest absolute Gasteiger partial charge is 0.224 e. The summed E-state index contributed by atoms with van der Waals surface area (Å²) in [5, 5.41) is 3.04. The fourth-order valence-corrected chi connectivity index (χ4v) is 3.45. The summed E-state index contributed by atoms with van der Waals surface area (Å²) in [5.74, 6) is 0.424. The Bertz CT molecular complexity index is 756. The fourth-order valence-electron chi connectivity index (χ4n) is 3.45. The average molecular weight is 357 g/mol. The normalized spacial score (nSPS) is 16.1. The molecule has 2 aromatic rings.